The standard InChI is InChI=1S/C13H15NO6/c1-2-20-13(19)14(10(8-15)12(17)18)11(16)9-6-4-3-5-7-9/h3-7,10,15H,2,8H2,1H3,(H,17,18). The second-order valence-corrected chi connectivity index (χ2v) is 3.78. The minimum absolute atomic E-state index is 0.0187. The molecule has 0 saturated heterocycles. The van der Waals surface area contributed by atoms with Crippen molar-refractivity contribution >= 4 is 18.0 Å². The number of carboxylic acid groups (broad SMARTS) is 1. The van der Waals surface area contributed by atoms with Crippen LogP contribution in [0.3, 0.4) is 0 Å². The zero-order valence-corrected chi connectivity index (χ0v) is 10.9. The number of carbonyl (C=O) groups is 3. The summed E-state index contributed by atoms with van der Waals surface area (Å²) in [6.45, 7) is 0.611. The normalized spacial score (nSPS) is 11.5. The summed E-state index contributed by atoms with van der Waals surface area (Å²) in [4.78, 5) is 35.4. The average molecular weight is 281 g/mol. The molecule has 0 aliphatic rings. The highest BCUT2D eigenvalue weighted by molar-refractivity contribution is 6.05. The highest BCUT2D eigenvalue weighted by Gasteiger charge is 2.36. The third-order valence-corrected chi connectivity index (χ3v) is 2.47. The molecule has 0 aliphatic carbocycles. The predicted octanol–water partition coefficient (Wildman–Crippen LogP) is 0.731. The van der Waals surface area contributed by atoms with E-state index in [9.17, 15) is 14.4 Å². The fraction of sp³-hybridized carbons (Fsp3) is 0.308. The number of nitrogens with zero attached hydrogens (tertiary/aromatic N) is 1. The number of carboxylic acids is 1. The number of ether oxygens (including phenoxy) is 1. The number of benzene rings is 1. The van der Waals surface area contributed by atoms with Gasteiger partial charge in [-0.2, -0.15) is 0 Å². The zero-order valence-electron chi connectivity index (χ0n) is 10.9. The van der Waals surface area contributed by atoms with Gasteiger partial charge in [-0.05, 0) is 19.1 Å². The van der Waals surface area contributed by atoms with Crippen LogP contribution in [0.5, 0.6) is 0 Å². The van der Waals surface area contributed by atoms with Gasteiger partial charge in [0.2, 0.25) is 0 Å². The highest BCUT2D eigenvalue weighted by atomic mass is 16.6. The first-order chi connectivity index (χ1) is 9.52. The highest BCUT2D eigenvalue weighted by Crippen LogP contribution is 2.11. The summed E-state index contributed by atoms with van der Waals surface area (Å²) < 4.78 is 4.67. The minimum Gasteiger partial charge on any atom is -0.480 e. The van der Waals surface area contributed by atoms with Crippen LogP contribution in [0, 0.1) is 0 Å². The number of carbonyl (C=O) groups excluding carboxylic acids is 2. The van der Waals surface area contributed by atoms with Gasteiger partial charge in [-0.25, -0.2) is 14.5 Å². The molecular weight excluding hydrogens is 266 g/mol. The molecule has 0 radical (unpaired) electrons. The minimum atomic E-state index is -1.69. The van der Waals surface area contributed by atoms with Crippen molar-refractivity contribution in [3.05, 3.63) is 35.9 Å². The molecule has 2 amide bonds. The second-order valence-electron chi connectivity index (χ2n) is 3.78. The number of hydrogen-bond acceptors (Lipinski definition) is 5. The molecule has 0 bridgehead atoms. The van der Waals surface area contributed by atoms with E-state index in [-0.39, 0.29) is 12.2 Å². The number of aliphatic hydroxyl groups is 1. The van der Waals surface area contributed by atoms with Crippen molar-refractivity contribution in [2.24, 2.45) is 0 Å². The zero-order chi connectivity index (χ0) is 15.1. The van der Waals surface area contributed by atoms with Gasteiger partial charge < -0.3 is 14.9 Å². The van der Waals surface area contributed by atoms with E-state index in [4.69, 9.17) is 10.2 Å². The molecule has 0 saturated carbocycles. The second kappa shape index (κ2) is 7.25. The largest absolute Gasteiger partial charge is 0.480 e. The van der Waals surface area contributed by atoms with Crippen molar-refractivity contribution < 1.29 is 29.3 Å². The lowest BCUT2D eigenvalue weighted by Gasteiger charge is -2.24. The van der Waals surface area contributed by atoms with E-state index in [1.807, 2.05) is 0 Å². The molecule has 0 heterocycles. The van der Waals surface area contributed by atoms with Gasteiger partial charge in [-0.3, -0.25) is 4.79 Å². The van der Waals surface area contributed by atoms with Gasteiger partial charge in [0.15, 0.2) is 6.04 Å². The third-order valence-electron chi connectivity index (χ3n) is 2.47. The van der Waals surface area contributed by atoms with Crippen LogP contribution < -0.4 is 0 Å². The van der Waals surface area contributed by atoms with Crippen LogP contribution in [0.4, 0.5) is 4.79 Å². The quantitative estimate of drug-likeness (QED) is 0.824. The maximum atomic E-state index is 12.2. The molecule has 1 aromatic rings. The first kappa shape index (κ1) is 15.6. The molecule has 1 unspecified atom stereocenters. The fourth-order valence-corrected chi connectivity index (χ4v) is 1.53. The van der Waals surface area contributed by atoms with Crippen molar-refractivity contribution in [2.45, 2.75) is 13.0 Å². The first-order valence-corrected chi connectivity index (χ1v) is 5.92. The molecule has 1 rings (SSSR count). The van der Waals surface area contributed by atoms with E-state index in [1.54, 1.807) is 18.2 Å². The van der Waals surface area contributed by atoms with E-state index in [0.717, 1.165) is 0 Å². The maximum Gasteiger partial charge on any atom is 0.417 e. The van der Waals surface area contributed by atoms with E-state index in [2.05, 4.69) is 4.74 Å². The number of rotatable bonds is 5. The number of aliphatic hydroxyl groups excluding tert-OH is 1. The van der Waals surface area contributed by atoms with E-state index >= 15 is 0 Å². The third kappa shape index (κ3) is 3.55. The lowest BCUT2D eigenvalue weighted by molar-refractivity contribution is -0.143. The summed E-state index contributed by atoms with van der Waals surface area (Å²) >= 11 is 0. The Morgan fingerprint density at radius 3 is 2.30 bits per heavy atom. The summed E-state index contributed by atoms with van der Waals surface area (Å²) in [6.07, 6.45) is -1.11. The van der Waals surface area contributed by atoms with Crippen LogP contribution >= 0.6 is 0 Å². The summed E-state index contributed by atoms with van der Waals surface area (Å²) in [7, 11) is 0. The molecular formula is C13H15NO6. The van der Waals surface area contributed by atoms with Gasteiger partial charge in [0.25, 0.3) is 5.91 Å². The van der Waals surface area contributed by atoms with Crippen molar-refractivity contribution in [1.82, 2.24) is 4.90 Å². The first-order valence-electron chi connectivity index (χ1n) is 5.92. The molecule has 0 aliphatic heterocycles. The van der Waals surface area contributed by atoms with Gasteiger partial charge in [0.05, 0.1) is 13.2 Å². The molecule has 20 heavy (non-hydrogen) atoms. The van der Waals surface area contributed by atoms with Gasteiger partial charge in [0.1, 0.15) is 0 Å². The van der Waals surface area contributed by atoms with Crippen molar-refractivity contribution in [1.29, 1.82) is 0 Å². The van der Waals surface area contributed by atoms with Crippen LogP contribution in [0.2, 0.25) is 0 Å². The molecule has 1 atom stereocenters. The summed E-state index contributed by atoms with van der Waals surface area (Å²) in [5.74, 6) is -2.34. The van der Waals surface area contributed by atoms with Crippen molar-refractivity contribution in [3.63, 3.8) is 0 Å². The van der Waals surface area contributed by atoms with Crippen LogP contribution in [0.15, 0.2) is 30.3 Å². The topological polar surface area (TPSA) is 104 Å². The SMILES string of the molecule is CCOC(=O)N(C(=O)c1ccccc1)C(CO)C(=O)O. The van der Waals surface area contributed by atoms with Gasteiger partial charge in [-0.1, -0.05) is 18.2 Å². The smallest absolute Gasteiger partial charge is 0.417 e. The summed E-state index contributed by atoms with van der Waals surface area (Å²) in [5.41, 5.74) is 0.125. The van der Waals surface area contributed by atoms with Crippen molar-refractivity contribution in [2.75, 3.05) is 13.2 Å². The lowest BCUT2D eigenvalue weighted by atomic mass is 10.1. The van der Waals surface area contributed by atoms with Crippen LogP contribution in [0.1, 0.15) is 17.3 Å². The number of imide groups is 1. The summed E-state index contributed by atoms with van der Waals surface area (Å²) in [5, 5.41) is 18.1. The Labute approximate surface area is 115 Å². The van der Waals surface area contributed by atoms with Crippen LogP contribution in [0.25, 0.3) is 0 Å². The Morgan fingerprint density at radius 1 is 1.25 bits per heavy atom. The molecule has 0 aromatic heterocycles. The molecule has 2 N–H and O–H groups in total. The molecule has 7 nitrogen and oxygen atoms in total. The average Bonchev–Trinajstić information content (AvgIpc) is 2.44. The monoisotopic (exact) mass is 281 g/mol. The fourth-order valence-electron chi connectivity index (χ4n) is 1.53. The Hall–Kier alpha value is -2.41. The molecule has 0 fully saturated rings. The Balaban J connectivity index is 3.13. The number of hydrogen-bond donors (Lipinski definition) is 2. The Bertz CT molecular complexity index is 487. The molecule has 0 spiro atoms. The number of amides is 2. The van der Waals surface area contributed by atoms with Crippen LogP contribution in [-0.2, 0) is 9.53 Å². The van der Waals surface area contributed by atoms with E-state index in [0.29, 0.717) is 4.90 Å². The molecule has 108 valence electrons. The Kier molecular flexibility index (Phi) is 5.67. The Morgan fingerprint density at radius 2 is 1.85 bits per heavy atom. The summed E-state index contributed by atoms with van der Waals surface area (Å²) in [6, 6.07) is 6.00. The maximum absolute atomic E-state index is 12.2. The van der Waals surface area contributed by atoms with E-state index < -0.39 is 30.6 Å². The number of aliphatic carboxylic acids is 1. The van der Waals surface area contributed by atoms with Crippen LogP contribution in [-0.4, -0.2) is 52.3 Å². The predicted molar refractivity (Wildman–Crippen MR) is 68.1 cm³/mol. The van der Waals surface area contributed by atoms with Gasteiger partial charge in [0, 0.05) is 5.56 Å². The molecule has 1 aromatic carbocycles. The van der Waals surface area contributed by atoms with E-state index in [1.165, 1.54) is 19.1 Å². The molecule has 7 heteroatoms. The lowest BCUT2D eigenvalue weighted by Crippen LogP contribution is -2.50. The van der Waals surface area contributed by atoms with Gasteiger partial charge in [-0.15, -0.1) is 0 Å². The van der Waals surface area contributed by atoms with Crippen molar-refractivity contribution in [3.8, 4) is 0 Å². The van der Waals surface area contributed by atoms with Gasteiger partial charge >= 0.3 is 12.1 Å².